The van der Waals surface area contributed by atoms with Crippen LogP contribution in [-0.2, 0) is 4.79 Å². The summed E-state index contributed by atoms with van der Waals surface area (Å²) in [6, 6.07) is 3.55. The molecule has 1 aromatic rings. The third-order valence-electron chi connectivity index (χ3n) is 4.56. The second-order valence-corrected chi connectivity index (χ2v) is 6.54. The highest BCUT2D eigenvalue weighted by Crippen LogP contribution is 2.16. The molecule has 4 nitrogen and oxygen atoms in total. The number of benzene rings is 1. The zero-order chi connectivity index (χ0) is 18.1. The van der Waals surface area contributed by atoms with E-state index in [2.05, 4.69) is 10.6 Å². The standard InChI is InChI=1S/C19H26F2N2O2/c20-16-8-7-14(13-17(16)21)18(24)9-10-19(25)23-12-11-22-15-5-3-1-2-4-6-15/h7-8,13,15,22H,1-6,9-12H2,(H,23,25). The van der Waals surface area contributed by atoms with Crippen molar-refractivity contribution in [2.45, 2.75) is 57.4 Å². The summed E-state index contributed by atoms with van der Waals surface area (Å²) in [6.07, 6.45) is 7.54. The van der Waals surface area contributed by atoms with Crippen LogP contribution < -0.4 is 10.6 Å². The van der Waals surface area contributed by atoms with E-state index >= 15 is 0 Å². The Morgan fingerprint density at radius 2 is 1.68 bits per heavy atom. The summed E-state index contributed by atoms with van der Waals surface area (Å²) < 4.78 is 26.0. The summed E-state index contributed by atoms with van der Waals surface area (Å²) in [7, 11) is 0. The lowest BCUT2D eigenvalue weighted by atomic mass is 10.1. The number of carbonyl (C=O) groups is 2. The fourth-order valence-electron chi connectivity index (χ4n) is 3.09. The van der Waals surface area contributed by atoms with E-state index in [1.165, 1.54) is 44.6 Å². The molecule has 1 amide bonds. The maximum absolute atomic E-state index is 13.1. The number of halogens is 2. The largest absolute Gasteiger partial charge is 0.355 e. The molecule has 1 aliphatic carbocycles. The van der Waals surface area contributed by atoms with Crippen molar-refractivity contribution in [2.24, 2.45) is 0 Å². The van der Waals surface area contributed by atoms with Gasteiger partial charge in [0, 0.05) is 37.5 Å². The molecule has 138 valence electrons. The van der Waals surface area contributed by atoms with Crippen LogP contribution in [0.1, 0.15) is 61.7 Å². The van der Waals surface area contributed by atoms with E-state index in [1.807, 2.05) is 0 Å². The Morgan fingerprint density at radius 3 is 2.36 bits per heavy atom. The molecule has 2 N–H and O–H groups in total. The molecule has 0 atom stereocenters. The number of amides is 1. The van der Waals surface area contributed by atoms with Gasteiger partial charge < -0.3 is 10.6 Å². The number of rotatable bonds is 8. The predicted octanol–water partition coefficient (Wildman–Crippen LogP) is 3.36. The molecule has 0 saturated heterocycles. The quantitative estimate of drug-likeness (QED) is 0.428. The van der Waals surface area contributed by atoms with Crippen molar-refractivity contribution in [1.29, 1.82) is 0 Å². The molecule has 1 saturated carbocycles. The summed E-state index contributed by atoms with van der Waals surface area (Å²) in [5.41, 5.74) is 0.0849. The highest BCUT2D eigenvalue weighted by Gasteiger charge is 2.13. The molecule has 0 aliphatic heterocycles. The van der Waals surface area contributed by atoms with Crippen molar-refractivity contribution in [3.05, 3.63) is 35.4 Å². The number of hydrogen-bond acceptors (Lipinski definition) is 3. The number of nitrogens with one attached hydrogen (secondary N) is 2. The molecule has 2 rings (SSSR count). The Morgan fingerprint density at radius 1 is 0.960 bits per heavy atom. The van der Waals surface area contributed by atoms with Crippen LogP contribution in [-0.4, -0.2) is 30.8 Å². The zero-order valence-electron chi connectivity index (χ0n) is 14.5. The van der Waals surface area contributed by atoms with Crippen LogP contribution in [0.5, 0.6) is 0 Å². The molecule has 0 heterocycles. The van der Waals surface area contributed by atoms with Crippen molar-refractivity contribution >= 4 is 11.7 Å². The van der Waals surface area contributed by atoms with Crippen molar-refractivity contribution in [1.82, 2.24) is 10.6 Å². The number of Topliss-reactive ketones (excluding diaryl/α,β-unsaturated/α-hetero) is 1. The maximum Gasteiger partial charge on any atom is 0.220 e. The Kier molecular flexibility index (Phi) is 7.98. The minimum atomic E-state index is -1.06. The fraction of sp³-hybridized carbons (Fsp3) is 0.579. The molecule has 6 heteroatoms. The highest BCUT2D eigenvalue weighted by molar-refractivity contribution is 5.97. The van der Waals surface area contributed by atoms with E-state index in [4.69, 9.17) is 0 Å². The van der Waals surface area contributed by atoms with Crippen LogP contribution in [0.4, 0.5) is 8.78 Å². The number of ketones is 1. The van der Waals surface area contributed by atoms with Gasteiger partial charge in [0.1, 0.15) is 0 Å². The molecule has 1 aliphatic rings. The van der Waals surface area contributed by atoms with E-state index in [0.29, 0.717) is 19.1 Å². The Hall–Kier alpha value is -1.82. The molecule has 25 heavy (non-hydrogen) atoms. The van der Waals surface area contributed by atoms with Crippen LogP contribution in [0.15, 0.2) is 18.2 Å². The van der Waals surface area contributed by atoms with Gasteiger partial charge in [0.15, 0.2) is 17.4 Å². The lowest BCUT2D eigenvalue weighted by Crippen LogP contribution is -2.36. The van der Waals surface area contributed by atoms with Crippen molar-refractivity contribution in [2.75, 3.05) is 13.1 Å². The molecular weight excluding hydrogens is 326 g/mol. The van der Waals surface area contributed by atoms with E-state index in [-0.39, 0.29) is 30.1 Å². The van der Waals surface area contributed by atoms with Crippen LogP contribution in [0.25, 0.3) is 0 Å². The molecule has 0 spiro atoms. The van der Waals surface area contributed by atoms with Gasteiger partial charge >= 0.3 is 0 Å². The van der Waals surface area contributed by atoms with Gasteiger partial charge in [-0.05, 0) is 31.0 Å². The molecular formula is C19H26F2N2O2. The highest BCUT2D eigenvalue weighted by atomic mass is 19.2. The summed E-state index contributed by atoms with van der Waals surface area (Å²) in [5, 5.41) is 6.24. The minimum Gasteiger partial charge on any atom is -0.355 e. The maximum atomic E-state index is 13.1. The van der Waals surface area contributed by atoms with E-state index in [1.54, 1.807) is 0 Å². The van der Waals surface area contributed by atoms with Crippen LogP contribution in [0, 0.1) is 11.6 Å². The van der Waals surface area contributed by atoms with Crippen LogP contribution in [0.2, 0.25) is 0 Å². The third-order valence-corrected chi connectivity index (χ3v) is 4.56. The van der Waals surface area contributed by atoms with Crippen LogP contribution in [0.3, 0.4) is 0 Å². The SMILES string of the molecule is O=C(CCC(=O)c1ccc(F)c(F)c1)NCCNC1CCCCCC1. The fourth-order valence-corrected chi connectivity index (χ4v) is 3.09. The summed E-state index contributed by atoms with van der Waals surface area (Å²) in [4.78, 5) is 23.7. The molecule has 1 fully saturated rings. The van der Waals surface area contributed by atoms with Crippen molar-refractivity contribution in [3.8, 4) is 0 Å². The first kappa shape index (κ1) is 19.5. The monoisotopic (exact) mass is 352 g/mol. The Labute approximate surface area is 147 Å². The first-order valence-corrected chi connectivity index (χ1v) is 9.04. The summed E-state index contributed by atoms with van der Waals surface area (Å²) >= 11 is 0. The van der Waals surface area contributed by atoms with Crippen LogP contribution >= 0.6 is 0 Å². The van der Waals surface area contributed by atoms with E-state index in [0.717, 1.165) is 12.1 Å². The summed E-state index contributed by atoms with van der Waals surface area (Å²) in [6.45, 7) is 1.24. The van der Waals surface area contributed by atoms with Gasteiger partial charge in [-0.25, -0.2) is 8.78 Å². The molecule has 0 unspecified atom stereocenters. The van der Waals surface area contributed by atoms with Crippen molar-refractivity contribution in [3.63, 3.8) is 0 Å². The van der Waals surface area contributed by atoms with Crippen molar-refractivity contribution < 1.29 is 18.4 Å². The Bertz CT molecular complexity index is 585. The average Bonchev–Trinajstić information content (AvgIpc) is 2.88. The molecule has 1 aromatic carbocycles. The smallest absolute Gasteiger partial charge is 0.220 e. The van der Waals surface area contributed by atoms with Gasteiger partial charge in [0.05, 0.1) is 0 Å². The topological polar surface area (TPSA) is 58.2 Å². The van der Waals surface area contributed by atoms with Gasteiger partial charge in [0.25, 0.3) is 0 Å². The van der Waals surface area contributed by atoms with E-state index in [9.17, 15) is 18.4 Å². The lowest BCUT2D eigenvalue weighted by molar-refractivity contribution is -0.121. The average molecular weight is 352 g/mol. The normalized spacial score (nSPS) is 15.6. The van der Waals surface area contributed by atoms with Gasteiger partial charge in [-0.3, -0.25) is 9.59 Å². The predicted molar refractivity (Wildman–Crippen MR) is 92.4 cm³/mol. The van der Waals surface area contributed by atoms with Gasteiger partial charge in [-0.2, -0.15) is 0 Å². The first-order chi connectivity index (χ1) is 12.1. The third kappa shape index (κ3) is 6.90. The van der Waals surface area contributed by atoms with Gasteiger partial charge in [-0.15, -0.1) is 0 Å². The second-order valence-electron chi connectivity index (χ2n) is 6.54. The zero-order valence-corrected chi connectivity index (χ0v) is 14.5. The Balaban J connectivity index is 1.61. The molecule has 0 bridgehead atoms. The lowest BCUT2D eigenvalue weighted by Gasteiger charge is -2.16. The minimum absolute atomic E-state index is 0.0209. The number of carbonyl (C=O) groups excluding carboxylic acids is 2. The first-order valence-electron chi connectivity index (χ1n) is 9.04. The number of hydrogen-bond donors (Lipinski definition) is 2. The van der Waals surface area contributed by atoms with E-state index < -0.39 is 11.6 Å². The van der Waals surface area contributed by atoms with Gasteiger partial charge in [0.2, 0.25) is 5.91 Å². The van der Waals surface area contributed by atoms with Gasteiger partial charge in [-0.1, -0.05) is 25.7 Å². The molecule has 0 aromatic heterocycles. The molecule has 0 radical (unpaired) electrons. The summed E-state index contributed by atoms with van der Waals surface area (Å²) in [5.74, 6) is -2.63. The second kappa shape index (κ2) is 10.2.